The molecule has 1 rings (SSSR count). The summed E-state index contributed by atoms with van der Waals surface area (Å²) >= 11 is 0. The fourth-order valence-corrected chi connectivity index (χ4v) is 0.872. The normalized spacial score (nSPS) is 35.1. The maximum Gasteiger partial charge on any atom is 0.509 e. The van der Waals surface area contributed by atoms with Gasteiger partial charge in [0.2, 0.25) is 5.60 Å². The second-order valence-corrected chi connectivity index (χ2v) is 2.60. The molecule has 0 saturated carbocycles. The predicted octanol–water partition coefficient (Wildman–Crippen LogP) is 1.52. The summed E-state index contributed by atoms with van der Waals surface area (Å²) in [4.78, 5) is 10.4. The molecule has 0 radical (unpaired) electrons. The first-order valence-electron chi connectivity index (χ1n) is 3.24. The van der Waals surface area contributed by atoms with Gasteiger partial charge in [0.05, 0.1) is 0 Å². The third-order valence-corrected chi connectivity index (χ3v) is 1.75. The average molecular weight is 184 g/mol. The van der Waals surface area contributed by atoms with E-state index in [9.17, 15) is 18.0 Å². The van der Waals surface area contributed by atoms with Gasteiger partial charge in [0.15, 0.2) is 6.10 Å². The zero-order chi connectivity index (χ0) is 9.35. The first kappa shape index (κ1) is 9.15. The second kappa shape index (κ2) is 2.84. The molecule has 1 fully saturated rings. The maximum absolute atomic E-state index is 12.2. The van der Waals surface area contributed by atoms with Gasteiger partial charge in [-0.2, -0.15) is 0 Å². The number of alkyl halides is 3. The van der Waals surface area contributed by atoms with Gasteiger partial charge >= 0.3 is 6.16 Å². The Balaban J connectivity index is 2.81. The molecule has 6 heteroatoms. The van der Waals surface area contributed by atoms with Crippen LogP contribution in [-0.2, 0) is 9.47 Å². The molecule has 1 aliphatic rings. The highest BCUT2D eigenvalue weighted by molar-refractivity contribution is 5.63. The SMILES string of the molecule is CC1(C(F)F)OC(=O)OC1CF. The largest absolute Gasteiger partial charge is 0.509 e. The van der Waals surface area contributed by atoms with E-state index >= 15 is 0 Å². The van der Waals surface area contributed by atoms with Crippen LogP contribution in [0.25, 0.3) is 0 Å². The lowest BCUT2D eigenvalue weighted by molar-refractivity contribution is -0.0897. The molecule has 1 aliphatic heterocycles. The quantitative estimate of drug-likeness (QED) is 0.610. The molecule has 0 aromatic heterocycles. The van der Waals surface area contributed by atoms with Gasteiger partial charge in [-0.15, -0.1) is 0 Å². The number of hydrogen-bond donors (Lipinski definition) is 0. The van der Waals surface area contributed by atoms with Crippen LogP contribution < -0.4 is 0 Å². The summed E-state index contributed by atoms with van der Waals surface area (Å²) in [7, 11) is 0. The Hall–Kier alpha value is -0.940. The molecule has 0 aliphatic carbocycles. The van der Waals surface area contributed by atoms with Crippen molar-refractivity contribution in [1.29, 1.82) is 0 Å². The Labute approximate surface area is 66.4 Å². The maximum atomic E-state index is 12.2. The van der Waals surface area contributed by atoms with Crippen LogP contribution in [0.5, 0.6) is 0 Å². The van der Waals surface area contributed by atoms with Gasteiger partial charge in [0.25, 0.3) is 6.43 Å². The minimum Gasteiger partial charge on any atom is -0.424 e. The van der Waals surface area contributed by atoms with Crippen molar-refractivity contribution in [2.75, 3.05) is 6.67 Å². The van der Waals surface area contributed by atoms with Crippen LogP contribution in [0.4, 0.5) is 18.0 Å². The summed E-state index contributed by atoms with van der Waals surface area (Å²) < 4.78 is 44.8. The Morgan fingerprint density at radius 1 is 1.67 bits per heavy atom. The Kier molecular flexibility index (Phi) is 2.16. The molecule has 0 bridgehead atoms. The van der Waals surface area contributed by atoms with Crippen LogP contribution in [0, 0.1) is 0 Å². The lowest BCUT2D eigenvalue weighted by Gasteiger charge is -2.23. The smallest absolute Gasteiger partial charge is 0.424 e. The standard InChI is InChI=1S/C6H7F3O3/c1-6(4(8)9)3(2-7)11-5(10)12-6/h3-4H,2H2,1H3. The van der Waals surface area contributed by atoms with Gasteiger partial charge in [-0.25, -0.2) is 18.0 Å². The fraction of sp³-hybridized carbons (Fsp3) is 0.833. The van der Waals surface area contributed by atoms with Gasteiger partial charge in [0.1, 0.15) is 6.67 Å². The molecule has 0 aromatic carbocycles. The Morgan fingerprint density at radius 2 is 2.25 bits per heavy atom. The van der Waals surface area contributed by atoms with E-state index in [1.165, 1.54) is 0 Å². The summed E-state index contributed by atoms with van der Waals surface area (Å²) in [6, 6.07) is 0. The number of halogens is 3. The van der Waals surface area contributed by atoms with Crippen molar-refractivity contribution >= 4 is 6.16 Å². The molecule has 2 atom stereocenters. The number of hydrogen-bond acceptors (Lipinski definition) is 3. The lowest BCUT2D eigenvalue weighted by Crippen LogP contribution is -2.44. The molecule has 1 heterocycles. The van der Waals surface area contributed by atoms with Gasteiger partial charge in [-0.1, -0.05) is 0 Å². The Morgan fingerprint density at radius 3 is 2.58 bits per heavy atom. The third kappa shape index (κ3) is 1.21. The molecule has 1 saturated heterocycles. The zero-order valence-corrected chi connectivity index (χ0v) is 6.22. The van der Waals surface area contributed by atoms with Crippen molar-refractivity contribution in [3.63, 3.8) is 0 Å². The highest BCUT2D eigenvalue weighted by atomic mass is 19.3. The van der Waals surface area contributed by atoms with Crippen molar-refractivity contribution in [1.82, 2.24) is 0 Å². The first-order valence-corrected chi connectivity index (χ1v) is 3.24. The molecule has 3 nitrogen and oxygen atoms in total. The Bertz CT molecular complexity index is 196. The summed E-state index contributed by atoms with van der Waals surface area (Å²) in [5.74, 6) is 0. The molecular formula is C6H7F3O3. The van der Waals surface area contributed by atoms with E-state index in [2.05, 4.69) is 9.47 Å². The third-order valence-electron chi connectivity index (χ3n) is 1.75. The minimum atomic E-state index is -2.95. The number of carbonyl (C=O) groups excluding carboxylic acids is 1. The topological polar surface area (TPSA) is 35.5 Å². The average Bonchev–Trinajstić information content (AvgIpc) is 2.27. The van der Waals surface area contributed by atoms with Crippen LogP contribution in [0.15, 0.2) is 0 Å². The van der Waals surface area contributed by atoms with E-state index in [4.69, 9.17) is 0 Å². The van der Waals surface area contributed by atoms with E-state index in [1.807, 2.05) is 0 Å². The zero-order valence-electron chi connectivity index (χ0n) is 6.22. The van der Waals surface area contributed by atoms with E-state index in [0.29, 0.717) is 0 Å². The molecule has 2 unspecified atom stereocenters. The fourth-order valence-electron chi connectivity index (χ4n) is 0.872. The van der Waals surface area contributed by atoms with Gasteiger partial charge in [-0.05, 0) is 6.92 Å². The van der Waals surface area contributed by atoms with Gasteiger partial charge in [-0.3, -0.25) is 0 Å². The molecule has 0 aromatic rings. The van der Waals surface area contributed by atoms with Crippen molar-refractivity contribution in [3.05, 3.63) is 0 Å². The number of cyclic esters (lactones) is 2. The second-order valence-electron chi connectivity index (χ2n) is 2.60. The van der Waals surface area contributed by atoms with Crippen molar-refractivity contribution in [3.8, 4) is 0 Å². The van der Waals surface area contributed by atoms with Gasteiger partial charge in [0, 0.05) is 0 Å². The van der Waals surface area contributed by atoms with Crippen molar-refractivity contribution in [2.24, 2.45) is 0 Å². The van der Waals surface area contributed by atoms with Crippen molar-refractivity contribution in [2.45, 2.75) is 25.1 Å². The van der Waals surface area contributed by atoms with Crippen LogP contribution in [-0.4, -0.2) is 31.0 Å². The summed E-state index contributed by atoms with van der Waals surface area (Å²) in [6.07, 6.45) is -5.71. The van der Waals surface area contributed by atoms with E-state index < -0.39 is 31.0 Å². The van der Waals surface area contributed by atoms with Crippen molar-refractivity contribution < 1.29 is 27.4 Å². The molecule has 0 amide bonds. The summed E-state index contributed by atoms with van der Waals surface area (Å²) in [6.45, 7) is -0.237. The summed E-state index contributed by atoms with van der Waals surface area (Å²) in [5.41, 5.74) is -2.15. The van der Waals surface area contributed by atoms with Crippen LogP contribution in [0.2, 0.25) is 0 Å². The number of ether oxygens (including phenoxy) is 2. The van der Waals surface area contributed by atoms with E-state index in [1.54, 1.807) is 0 Å². The van der Waals surface area contributed by atoms with Crippen LogP contribution in [0.3, 0.4) is 0 Å². The number of rotatable bonds is 2. The molecule has 70 valence electrons. The minimum absolute atomic E-state index is 0.937. The first-order chi connectivity index (χ1) is 5.50. The lowest BCUT2D eigenvalue weighted by atomic mass is 10.0. The van der Waals surface area contributed by atoms with E-state index in [-0.39, 0.29) is 0 Å². The van der Waals surface area contributed by atoms with Crippen LogP contribution in [0.1, 0.15) is 6.92 Å². The number of carbonyl (C=O) groups is 1. The molecule has 0 spiro atoms. The van der Waals surface area contributed by atoms with Crippen LogP contribution >= 0.6 is 0 Å². The van der Waals surface area contributed by atoms with E-state index in [0.717, 1.165) is 6.92 Å². The predicted molar refractivity (Wildman–Crippen MR) is 31.7 cm³/mol. The molecular weight excluding hydrogens is 177 g/mol. The molecule has 12 heavy (non-hydrogen) atoms. The summed E-state index contributed by atoms with van der Waals surface area (Å²) in [5, 5.41) is 0. The monoisotopic (exact) mass is 184 g/mol. The highest BCUT2D eigenvalue weighted by Gasteiger charge is 2.54. The molecule has 0 N–H and O–H groups in total. The highest BCUT2D eigenvalue weighted by Crippen LogP contribution is 2.32. The van der Waals surface area contributed by atoms with Gasteiger partial charge < -0.3 is 9.47 Å².